The number of benzene rings is 1. The van der Waals surface area contributed by atoms with Gasteiger partial charge in [0.25, 0.3) is 0 Å². The summed E-state index contributed by atoms with van der Waals surface area (Å²) in [4.78, 5) is 11.7. The Balaban J connectivity index is 2.28. The van der Waals surface area contributed by atoms with Crippen molar-refractivity contribution >= 4 is 21.8 Å². The van der Waals surface area contributed by atoms with Gasteiger partial charge >= 0.3 is 0 Å². The Bertz CT molecular complexity index is 408. The van der Waals surface area contributed by atoms with Gasteiger partial charge in [0.05, 0.1) is 25.7 Å². The second kappa shape index (κ2) is 9.74. The number of rotatable bonds is 9. The predicted molar refractivity (Wildman–Crippen MR) is 79.8 cm³/mol. The molecule has 1 rings (SSSR count). The van der Waals surface area contributed by atoms with Gasteiger partial charge in [0.2, 0.25) is 5.91 Å². The number of nitrogens with one attached hydrogen (secondary N) is 1. The number of hydrogen-bond acceptors (Lipinski definition) is 4. The number of carbonyl (C=O) groups is 1. The molecule has 1 unspecified atom stereocenters. The van der Waals surface area contributed by atoms with Crippen LogP contribution < -0.4 is 10.1 Å². The maximum absolute atomic E-state index is 11.7. The van der Waals surface area contributed by atoms with E-state index < -0.39 is 0 Å². The Morgan fingerprint density at radius 1 is 1.50 bits per heavy atom. The van der Waals surface area contributed by atoms with Crippen LogP contribution in [0.2, 0.25) is 0 Å². The number of aliphatic hydroxyl groups excluding tert-OH is 1. The first-order chi connectivity index (χ1) is 9.65. The van der Waals surface area contributed by atoms with Gasteiger partial charge in [0.15, 0.2) is 0 Å². The van der Waals surface area contributed by atoms with Crippen molar-refractivity contribution in [2.75, 3.05) is 26.9 Å². The first-order valence-electron chi connectivity index (χ1n) is 6.43. The molecule has 112 valence electrons. The lowest BCUT2D eigenvalue weighted by atomic mass is 10.2. The van der Waals surface area contributed by atoms with Gasteiger partial charge in [0, 0.05) is 18.2 Å². The summed E-state index contributed by atoms with van der Waals surface area (Å²) in [6.45, 7) is 0.711. The molecule has 1 aromatic rings. The van der Waals surface area contributed by atoms with E-state index in [1.54, 1.807) is 7.11 Å². The molecule has 2 N–H and O–H groups in total. The van der Waals surface area contributed by atoms with Gasteiger partial charge in [-0.15, -0.1) is 0 Å². The number of carbonyl (C=O) groups excluding carboxylic acids is 1. The summed E-state index contributed by atoms with van der Waals surface area (Å²) in [5.41, 5.74) is 0. The molecule has 5 nitrogen and oxygen atoms in total. The van der Waals surface area contributed by atoms with Crippen LogP contribution in [0.15, 0.2) is 28.7 Å². The third-order valence-electron chi connectivity index (χ3n) is 2.60. The summed E-state index contributed by atoms with van der Waals surface area (Å²) in [6.07, 6.45) is 0.740. The Hall–Kier alpha value is -1.11. The van der Waals surface area contributed by atoms with Crippen molar-refractivity contribution < 1.29 is 19.4 Å². The van der Waals surface area contributed by atoms with Crippen LogP contribution in [0.3, 0.4) is 0 Å². The van der Waals surface area contributed by atoms with Crippen molar-refractivity contribution in [3.8, 4) is 5.75 Å². The van der Waals surface area contributed by atoms with Crippen LogP contribution in [0.5, 0.6) is 5.75 Å². The van der Waals surface area contributed by atoms with Crippen molar-refractivity contribution in [2.45, 2.75) is 18.9 Å². The molecule has 0 aliphatic rings. The fourth-order valence-corrected chi connectivity index (χ4v) is 2.05. The molecule has 0 spiro atoms. The van der Waals surface area contributed by atoms with Gasteiger partial charge in [-0.1, -0.05) is 22.0 Å². The lowest BCUT2D eigenvalue weighted by Gasteiger charge is -2.16. The zero-order chi connectivity index (χ0) is 14.8. The van der Waals surface area contributed by atoms with Crippen molar-refractivity contribution in [1.29, 1.82) is 0 Å². The maximum atomic E-state index is 11.7. The summed E-state index contributed by atoms with van der Waals surface area (Å²) in [6, 6.07) is 7.29. The largest absolute Gasteiger partial charge is 0.493 e. The first-order valence-corrected chi connectivity index (χ1v) is 7.22. The van der Waals surface area contributed by atoms with E-state index in [2.05, 4.69) is 21.2 Å². The first kappa shape index (κ1) is 16.9. The molecule has 0 fully saturated rings. The minimum Gasteiger partial charge on any atom is -0.493 e. The highest BCUT2D eigenvalue weighted by atomic mass is 79.9. The lowest BCUT2D eigenvalue weighted by molar-refractivity contribution is -0.122. The second-order valence-electron chi connectivity index (χ2n) is 4.29. The molecule has 0 aromatic heterocycles. The standard InChI is InChI=1S/C14H20BrNO4/c1-19-10-12(5-7-17)16-14(18)6-8-20-13-4-2-3-11(15)9-13/h2-4,9,12,17H,5-8,10H2,1H3,(H,16,18). The molecule has 0 saturated carbocycles. The maximum Gasteiger partial charge on any atom is 0.223 e. The molecule has 1 aromatic carbocycles. The predicted octanol–water partition coefficient (Wildman–Crippen LogP) is 1.73. The minimum absolute atomic E-state index is 0.0167. The fraction of sp³-hybridized carbons (Fsp3) is 0.500. The quantitative estimate of drug-likeness (QED) is 0.715. The average molecular weight is 346 g/mol. The fourth-order valence-electron chi connectivity index (χ4n) is 1.67. The highest BCUT2D eigenvalue weighted by molar-refractivity contribution is 9.10. The smallest absolute Gasteiger partial charge is 0.223 e. The third-order valence-corrected chi connectivity index (χ3v) is 3.10. The summed E-state index contributed by atoms with van der Waals surface area (Å²) in [5.74, 6) is 0.603. The van der Waals surface area contributed by atoms with E-state index in [4.69, 9.17) is 14.6 Å². The second-order valence-corrected chi connectivity index (χ2v) is 5.20. The molecule has 1 atom stereocenters. The van der Waals surface area contributed by atoms with Crippen LogP contribution in [0.1, 0.15) is 12.8 Å². The SMILES string of the molecule is COCC(CCO)NC(=O)CCOc1cccc(Br)c1. The molecule has 0 saturated heterocycles. The van der Waals surface area contributed by atoms with Gasteiger partial charge < -0.3 is 19.9 Å². The summed E-state index contributed by atoms with van der Waals surface area (Å²) < 4.78 is 11.4. The van der Waals surface area contributed by atoms with Gasteiger partial charge in [-0.25, -0.2) is 0 Å². The molecular formula is C14H20BrNO4. The molecule has 0 bridgehead atoms. The highest BCUT2D eigenvalue weighted by Gasteiger charge is 2.11. The third kappa shape index (κ3) is 6.88. The normalized spacial score (nSPS) is 11.9. The van der Waals surface area contributed by atoms with Crippen molar-refractivity contribution in [3.63, 3.8) is 0 Å². The van der Waals surface area contributed by atoms with Crippen molar-refractivity contribution in [1.82, 2.24) is 5.32 Å². The van der Waals surface area contributed by atoms with Gasteiger partial charge in [0.1, 0.15) is 5.75 Å². The van der Waals surface area contributed by atoms with Crippen LogP contribution in [-0.2, 0) is 9.53 Å². The Morgan fingerprint density at radius 2 is 2.30 bits per heavy atom. The van der Waals surface area contributed by atoms with Crippen LogP contribution in [-0.4, -0.2) is 44.0 Å². The number of ether oxygens (including phenoxy) is 2. The summed E-state index contributed by atoms with van der Waals surface area (Å²) in [5, 5.41) is 11.7. The lowest BCUT2D eigenvalue weighted by Crippen LogP contribution is -2.39. The zero-order valence-electron chi connectivity index (χ0n) is 11.5. The van der Waals surface area contributed by atoms with E-state index in [1.165, 1.54) is 0 Å². The van der Waals surface area contributed by atoms with E-state index in [0.29, 0.717) is 19.6 Å². The average Bonchev–Trinajstić information content (AvgIpc) is 2.39. The number of amides is 1. The molecule has 0 radical (unpaired) electrons. The van der Waals surface area contributed by atoms with Crippen LogP contribution >= 0.6 is 15.9 Å². The van der Waals surface area contributed by atoms with Gasteiger partial charge in [-0.2, -0.15) is 0 Å². The monoisotopic (exact) mass is 345 g/mol. The number of halogens is 1. The van der Waals surface area contributed by atoms with E-state index >= 15 is 0 Å². The van der Waals surface area contributed by atoms with Gasteiger partial charge in [-0.05, 0) is 24.6 Å². The van der Waals surface area contributed by atoms with E-state index in [0.717, 1.165) is 10.2 Å². The molecule has 0 aliphatic carbocycles. The summed E-state index contributed by atoms with van der Waals surface area (Å²) >= 11 is 3.35. The van der Waals surface area contributed by atoms with Crippen LogP contribution in [0.25, 0.3) is 0 Å². The van der Waals surface area contributed by atoms with Gasteiger partial charge in [-0.3, -0.25) is 4.79 Å². The Labute approximate surface area is 127 Å². The zero-order valence-corrected chi connectivity index (χ0v) is 13.1. The van der Waals surface area contributed by atoms with E-state index in [-0.39, 0.29) is 25.0 Å². The molecular weight excluding hydrogens is 326 g/mol. The number of hydrogen-bond donors (Lipinski definition) is 2. The number of aliphatic hydroxyl groups is 1. The minimum atomic E-state index is -0.164. The molecule has 0 aliphatic heterocycles. The van der Waals surface area contributed by atoms with Crippen molar-refractivity contribution in [3.05, 3.63) is 28.7 Å². The van der Waals surface area contributed by atoms with E-state index in [1.807, 2.05) is 24.3 Å². The Morgan fingerprint density at radius 3 is 2.95 bits per heavy atom. The molecule has 0 heterocycles. The van der Waals surface area contributed by atoms with Crippen molar-refractivity contribution in [2.24, 2.45) is 0 Å². The highest BCUT2D eigenvalue weighted by Crippen LogP contribution is 2.17. The van der Waals surface area contributed by atoms with Crippen LogP contribution in [0, 0.1) is 0 Å². The molecule has 20 heavy (non-hydrogen) atoms. The molecule has 1 amide bonds. The summed E-state index contributed by atoms with van der Waals surface area (Å²) in [7, 11) is 1.56. The Kier molecular flexibility index (Phi) is 8.25. The number of methoxy groups -OCH3 is 1. The van der Waals surface area contributed by atoms with E-state index in [9.17, 15) is 4.79 Å². The topological polar surface area (TPSA) is 67.8 Å². The van der Waals surface area contributed by atoms with Crippen LogP contribution in [0.4, 0.5) is 0 Å². The molecule has 6 heteroatoms.